The van der Waals surface area contributed by atoms with Gasteiger partial charge in [0.1, 0.15) is 5.82 Å². The van der Waals surface area contributed by atoms with Crippen LogP contribution in [0.4, 0.5) is 8.78 Å². The van der Waals surface area contributed by atoms with Crippen molar-refractivity contribution in [3.8, 4) is 17.0 Å². The molecule has 5 nitrogen and oxygen atoms in total. The van der Waals surface area contributed by atoms with Crippen LogP contribution in [0.5, 0.6) is 5.75 Å². The number of aromatic nitrogens is 2. The highest BCUT2D eigenvalue weighted by Gasteiger charge is 2.14. The summed E-state index contributed by atoms with van der Waals surface area (Å²) in [6.07, 6.45) is 1.89. The molecule has 0 spiro atoms. The summed E-state index contributed by atoms with van der Waals surface area (Å²) in [6, 6.07) is 12.1. The van der Waals surface area contributed by atoms with Crippen molar-refractivity contribution in [2.24, 2.45) is 0 Å². The third-order valence-corrected chi connectivity index (χ3v) is 5.59. The van der Waals surface area contributed by atoms with E-state index in [4.69, 9.17) is 4.74 Å². The zero-order valence-electron chi connectivity index (χ0n) is 15.5. The molecule has 0 saturated heterocycles. The number of carbonyl (C=O) groups excluding carboxylic acids is 1. The molecular formula is C21H17F2N3O2S. The van der Waals surface area contributed by atoms with E-state index >= 15 is 0 Å². The monoisotopic (exact) mass is 413 g/mol. The molecule has 0 saturated carbocycles. The average molecular weight is 413 g/mol. The van der Waals surface area contributed by atoms with Crippen LogP contribution in [0.1, 0.15) is 10.6 Å². The van der Waals surface area contributed by atoms with Crippen LogP contribution in [0.2, 0.25) is 0 Å². The first-order valence-corrected chi connectivity index (χ1v) is 9.70. The topological polar surface area (TPSA) is 55.6 Å². The molecular weight excluding hydrogens is 396 g/mol. The van der Waals surface area contributed by atoms with Gasteiger partial charge < -0.3 is 10.1 Å². The standard InChI is InChI=1S/C21H17F2N3O2S/c1-13-19(10-24-20(27)12-28-18-5-3-2-4-16(18)23)29-21-25-17(11-26(13)21)14-6-8-15(22)9-7-14/h2-9,11H,10,12H2,1H3,(H,24,27). The first kappa shape index (κ1) is 19.1. The second kappa shape index (κ2) is 8.00. The summed E-state index contributed by atoms with van der Waals surface area (Å²) in [4.78, 5) is 18.4. The van der Waals surface area contributed by atoms with E-state index < -0.39 is 5.82 Å². The van der Waals surface area contributed by atoms with Gasteiger partial charge in [-0.1, -0.05) is 23.5 Å². The molecule has 0 fully saturated rings. The number of para-hydroxylation sites is 1. The van der Waals surface area contributed by atoms with Gasteiger partial charge in [0.05, 0.1) is 12.2 Å². The highest BCUT2D eigenvalue weighted by atomic mass is 32.1. The summed E-state index contributed by atoms with van der Waals surface area (Å²) in [6.45, 7) is 2.00. The van der Waals surface area contributed by atoms with Crippen LogP contribution >= 0.6 is 11.3 Å². The number of imidazole rings is 1. The molecule has 148 valence electrons. The van der Waals surface area contributed by atoms with Crippen molar-refractivity contribution in [1.29, 1.82) is 0 Å². The zero-order valence-corrected chi connectivity index (χ0v) is 16.3. The molecule has 8 heteroatoms. The van der Waals surface area contributed by atoms with Gasteiger partial charge in [-0.2, -0.15) is 0 Å². The van der Waals surface area contributed by atoms with Gasteiger partial charge in [0, 0.05) is 22.3 Å². The fourth-order valence-electron chi connectivity index (χ4n) is 2.85. The Labute approximate surface area is 169 Å². The number of rotatable bonds is 6. The number of nitrogens with zero attached hydrogens (tertiary/aromatic N) is 2. The smallest absolute Gasteiger partial charge is 0.258 e. The summed E-state index contributed by atoms with van der Waals surface area (Å²) >= 11 is 1.46. The van der Waals surface area contributed by atoms with Crippen LogP contribution in [0.25, 0.3) is 16.2 Å². The maximum Gasteiger partial charge on any atom is 0.258 e. The van der Waals surface area contributed by atoms with Crippen molar-refractivity contribution in [2.75, 3.05) is 6.61 Å². The van der Waals surface area contributed by atoms with E-state index in [9.17, 15) is 13.6 Å². The lowest BCUT2D eigenvalue weighted by Crippen LogP contribution is -2.28. The van der Waals surface area contributed by atoms with Crippen LogP contribution in [0.15, 0.2) is 54.7 Å². The molecule has 4 rings (SSSR count). The minimum Gasteiger partial charge on any atom is -0.481 e. The first-order chi connectivity index (χ1) is 14.0. The second-order valence-electron chi connectivity index (χ2n) is 6.39. The third kappa shape index (κ3) is 4.12. The fraction of sp³-hybridized carbons (Fsp3) is 0.143. The van der Waals surface area contributed by atoms with E-state index in [0.29, 0.717) is 6.54 Å². The van der Waals surface area contributed by atoms with Crippen LogP contribution < -0.4 is 10.1 Å². The van der Waals surface area contributed by atoms with Gasteiger partial charge >= 0.3 is 0 Å². The van der Waals surface area contributed by atoms with Crippen molar-refractivity contribution < 1.29 is 18.3 Å². The number of fused-ring (bicyclic) bond motifs is 1. The number of halogens is 2. The Kier molecular flexibility index (Phi) is 5.26. The van der Waals surface area contributed by atoms with E-state index in [1.807, 2.05) is 17.5 Å². The molecule has 1 N–H and O–H groups in total. The Morgan fingerprint density at radius 1 is 1.17 bits per heavy atom. The number of thiazole rings is 1. The number of amides is 1. The Hall–Kier alpha value is -3.26. The normalized spacial score (nSPS) is 11.0. The molecule has 0 aliphatic carbocycles. The van der Waals surface area contributed by atoms with E-state index in [-0.39, 0.29) is 24.1 Å². The summed E-state index contributed by atoms with van der Waals surface area (Å²) < 4.78 is 33.8. The molecule has 2 heterocycles. The number of nitrogens with one attached hydrogen (secondary N) is 1. The fourth-order valence-corrected chi connectivity index (χ4v) is 3.90. The van der Waals surface area contributed by atoms with Crippen LogP contribution in [-0.2, 0) is 11.3 Å². The highest BCUT2D eigenvalue weighted by Crippen LogP contribution is 2.27. The van der Waals surface area contributed by atoms with Crippen LogP contribution in [0, 0.1) is 18.6 Å². The quantitative estimate of drug-likeness (QED) is 0.512. The van der Waals surface area contributed by atoms with E-state index in [0.717, 1.165) is 26.8 Å². The zero-order chi connectivity index (χ0) is 20.4. The maximum atomic E-state index is 13.5. The largest absolute Gasteiger partial charge is 0.481 e. The summed E-state index contributed by atoms with van der Waals surface area (Å²) in [5.74, 6) is -1.09. The molecule has 0 aliphatic rings. The predicted molar refractivity (Wildman–Crippen MR) is 107 cm³/mol. The molecule has 0 radical (unpaired) electrons. The SMILES string of the molecule is Cc1c(CNC(=O)COc2ccccc2F)sc2nc(-c3ccc(F)cc3)cn12. The van der Waals surface area contributed by atoms with Crippen molar-refractivity contribution >= 4 is 22.2 Å². The third-order valence-electron chi connectivity index (χ3n) is 4.43. The number of ether oxygens (including phenoxy) is 1. The van der Waals surface area contributed by atoms with Gasteiger partial charge in [-0.05, 0) is 43.3 Å². The van der Waals surface area contributed by atoms with Gasteiger partial charge in [0.25, 0.3) is 5.91 Å². The lowest BCUT2D eigenvalue weighted by molar-refractivity contribution is -0.123. The van der Waals surface area contributed by atoms with Crippen LogP contribution in [-0.4, -0.2) is 21.9 Å². The van der Waals surface area contributed by atoms with Gasteiger partial charge in [-0.3, -0.25) is 9.20 Å². The average Bonchev–Trinajstić information content (AvgIpc) is 3.26. The van der Waals surface area contributed by atoms with E-state index in [2.05, 4.69) is 10.3 Å². The Balaban J connectivity index is 1.40. The van der Waals surface area contributed by atoms with Gasteiger partial charge in [0.15, 0.2) is 23.1 Å². The number of aryl methyl sites for hydroxylation is 1. The van der Waals surface area contributed by atoms with Gasteiger partial charge in [-0.15, -0.1) is 0 Å². The minimum atomic E-state index is -0.507. The minimum absolute atomic E-state index is 0.0433. The van der Waals surface area contributed by atoms with Gasteiger partial charge in [-0.25, -0.2) is 13.8 Å². The van der Waals surface area contributed by atoms with Crippen molar-refractivity contribution in [2.45, 2.75) is 13.5 Å². The van der Waals surface area contributed by atoms with E-state index in [1.165, 1.54) is 35.6 Å². The molecule has 4 aromatic rings. The second-order valence-corrected chi connectivity index (χ2v) is 7.45. The number of carbonyl (C=O) groups is 1. The summed E-state index contributed by atoms with van der Waals surface area (Å²) in [7, 11) is 0. The number of benzene rings is 2. The first-order valence-electron chi connectivity index (χ1n) is 8.88. The molecule has 2 aromatic carbocycles. The molecule has 0 unspecified atom stereocenters. The molecule has 0 aliphatic heterocycles. The van der Waals surface area contributed by atoms with Crippen molar-refractivity contribution in [3.63, 3.8) is 0 Å². The van der Waals surface area contributed by atoms with E-state index in [1.54, 1.807) is 24.3 Å². The lowest BCUT2D eigenvalue weighted by Gasteiger charge is -2.07. The number of hydrogen-bond acceptors (Lipinski definition) is 4. The summed E-state index contributed by atoms with van der Waals surface area (Å²) in [5.41, 5.74) is 2.55. The molecule has 0 atom stereocenters. The van der Waals surface area contributed by atoms with Crippen molar-refractivity contribution in [3.05, 3.63) is 76.9 Å². The number of hydrogen-bond donors (Lipinski definition) is 1. The van der Waals surface area contributed by atoms with Crippen molar-refractivity contribution in [1.82, 2.24) is 14.7 Å². The highest BCUT2D eigenvalue weighted by molar-refractivity contribution is 7.17. The predicted octanol–water partition coefficient (Wildman–Crippen LogP) is 4.34. The Bertz CT molecular complexity index is 1170. The molecule has 0 bridgehead atoms. The molecule has 29 heavy (non-hydrogen) atoms. The van der Waals surface area contributed by atoms with Gasteiger partial charge in [0.2, 0.25) is 0 Å². The Morgan fingerprint density at radius 2 is 1.93 bits per heavy atom. The summed E-state index contributed by atoms with van der Waals surface area (Å²) in [5, 5.41) is 2.77. The lowest BCUT2D eigenvalue weighted by atomic mass is 10.2. The Morgan fingerprint density at radius 3 is 2.66 bits per heavy atom. The molecule has 1 amide bonds. The molecule has 2 aromatic heterocycles. The van der Waals surface area contributed by atoms with Crippen LogP contribution in [0.3, 0.4) is 0 Å². The maximum absolute atomic E-state index is 13.5.